The number of amides is 1. The standard InChI is InChI=1S/C15H24N2O/c1-5-13(14-8-7-12(4)10-16-14)17-15(18)9-6-11(2)3/h7-8,10-11,13H,5-6,9H2,1-4H3,(H,17,18)/t13-/m1/s1. The molecular weight excluding hydrogens is 224 g/mol. The Balaban J connectivity index is 2.56. The maximum absolute atomic E-state index is 11.8. The van der Waals surface area contributed by atoms with Crippen molar-refractivity contribution in [2.45, 2.75) is 53.0 Å². The van der Waals surface area contributed by atoms with Crippen LogP contribution in [-0.2, 0) is 4.79 Å². The van der Waals surface area contributed by atoms with Gasteiger partial charge in [0.1, 0.15) is 0 Å². The van der Waals surface area contributed by atoms with Crippen LogP contribution in [0.3, 0.4) is 0 Å². The molecule has 0 aliphatic carbocycles. The van der Waals surface area contributed by atoms with Crippen LogP contribution in [0.5, 0.6) is 0 Å². The maximum Gasteiger partial charge on any atom is 0.220 e. The summed E-state index contributed by atoms with van der Waals surface area (Å²) in [5.41, 5.74) is 2.08. The van der Waals surface area contributed by atoms with Crippen molar-refractivity contribution in [2.75, 3.05) is 0 Å². The molecule has 1 atom stereocenters. The van der Waals surface area contributed by atoms with Crippen LogP contribution in [0.4, 0.5) is 0 Å². The molecule has 0 bridgehead atoms. The molecule has 3 heteroatoms. The summed E-state index contributed by atoms with van der Waals surface area (Å²) in [5.74, 6) is 0.686. The largest absolute Gasteiger partial charge is 0.348 e. The van der Waals surface area contributed by atoms with Crippen LogP contribution in [0.25, 0.3) is 0 Å². The second-order valence-corrected chi connectivity index (χ2v) is 5.22. The van der Waals surface area contributed by atoms with Gasteiger partial charge in [-0.3, -0.25) is 9.78 Å². The van der Waals surface area contributed by atoms with Crippen molar-refractivity contribution in [3.8, 4) is 0 Å². The number of aromatic nitrogens is 1. The van der Waals surface area contributed by atoms with Gasteiger partial charge in [0.25, 0.3) is 0 Å². The Labute approximate surface area is 110 Å². The van der Waals surface area contributed by atoms with Gasteiger partial charge >= 0.3 is 0 Å². The molecule has 0 aliphatic heterocycles. The fourth-order valence-corrected chi connectivity index (χ4v) is 1.76. The molecule has 1 rings (SSSR count). The summed E-state index contributed by atoms with van der Waals surface area (Å²) in [5, 5.41) is 3.06. The number of hydrogen-bond acceptors (Lipinski definition) is 2. The van der Waals surface area contributed by atoms with Crippen LogP contribution in [0.1, 0.15) is 57.3 Å². The molecular formula is C15H24N2O. The molecule has 0 fully saturated rings. The minimum atomic E-state index is 0.0327. The van der Waals surface area contributed by atoms with E-state index >= 15 is 0 Å². The predicted molar refractivity (Wildman–Crippen MR) is 74.2 cm³/mol. The lowest BCUT2D eigenvalue weighted by atomic mass is 10.1. The molecule has 100 valence electrons. The molecule has 1 N–H and O–H groups in total. The Kier molecular flexibility index (Phi) is 5.83. The zero-order valence-electron chi connectivity index (χ0n) is 11.9. The van der Waals surface area contributed by atoms with Gasteiger partial charge in [0, 0.05) is 12.6 Å². The SMILES string of the molecule is CC[C@@H](NC(=O)CCC(C)C)c1ccc(C)cn1. The fourth-order valence-electron chi connectivity index (χ4n) is 1.76. The van der Waals surface area contributed by atoms with Gasteiger partial charge in [-0.15, -0.1) is 0 Å². The molecule has 0 radical (unpaired) electrons. The first-order valence-electron chi connectivity index (χ1n) is 6.74. The van der Waals surface area contributed by atoms with Crippen molar-refractivity contribution >= 4 is 5.91 Å². The first kappa shape index (κ1) is 14.7. The molecule has 1 aromatic heterocycles. The number of carbonyl (C=O) groups is 1. The lowest BCUT2D eigenvalue weighted by molar-refractivity contribution is -0.122. The summed E-state index contributed by atoms with van der Waals surface area (Å²) >= 11 is 0. The van der Waals surface area contributed by atoms with Crippen LogP contribution in [0, 0.1) is 12.8 Å². The highest BCUT2D eigenvalue weighted by Gasteiger charge is 2.13. The fraction of sp³-hybridized carbons (Fsp3) is 0.600. The first-order chi connectivity index (χ1) is 8.52. The van der Waals surface area contributed by atoms with Crippen LogP contribution in [-0.4, -0.2) is 10.9 Å². The van der Waals surface area contributed by atoms with Gasteiger partial charge in [0.2, 0.25) is 5.91 Å². The van der Waals surface area contributed by atoms with Gasteiger partial charge in [-0.05, 0) is 37.3 Å². The molecule has 18 heavy (non-hydrogen) atoms. The third kappa shape index (κ3) is 4.86. The van der Waals surface area contributed by atoms with Crippen molar-refractivity contribution in [3.05, 3.63) is 29.6 Å². The third-order valence-corrected chi connectivity index (χ3v) is 2.98. The van der Waals surface area contributed by atoms with E-state index in [1.807, 2.05) is 25.3 Å². The van der Waals surface area contributed by atoms with Crippen LogP contribution < -0.4 is 5.32 Å². The van der Waals surface area contributed by atoms with E-state index in [-0.39, 0.29) is 11.9 Å². The Morgan fingerprint density at radius 1 is 1.39 bits per heavy atom. The Morgan fingerprint density at radius 2 is 2.11 bits per heavy atom. The molecule has 0 spiro atoms. The summed E-state index contributed by atoms with van der Waals surface area (Å²) in [6.45, 7) is 8.34. The summed E-state index contributed by atoms with van der Waals surface area (Å²) in [7, 11) is 0. The minimum absolute atomic E-state index is 0.0327. The second kappa shape index (κ2) is 7.14. The van der Waals surface area contributed by atoms with Crippen molar-refractivity contribution in [3.63, 3.8) is 0 Å². The van der Waals surface area contributed by atoms with Crippen molar-refractivity contribution < 1.29 is 4.79 Å². The van der Waals surface area contributed by atoms with Crippen molar-refractivity contribution in [1.82, 2.24) is 10.3 Å². The Morgan fingerprint density at radius 3 is 2.61 bits per heavy atom. The van der Waals surface area contributed by atoms with E-state index in [1.165, 1.54) is 0 Å². The minimum Gasteiger partial charge on any atom is -0.348 e. The molecule has 1 aromatic rings. The predicted octanol–water partition coefficient (Wildman–Crippen LogP) is 3.39. The summed E-state index contributed by atoms with van der Waals surface area (Å²) in [6, 6.07) is 4.06. The summed E-state index contributed by atoms with van der Waals surface area (Å²) < 4.78 is 0. The van der Waals surface area contributed by atoms with Gasteiger partial charge in [-0.2, -0.15) is 0 Å². The molecule has 0 unspecified atom stereocenters. The van der Waals surface area contributed by atoms with E-state index in [9.17, 15) is 4.79 Å². The highest BCUT2D eigenvalue weighted by Crippen LogP contribution is 2.15. The van der Waals surface area contributed by atoms with E-state index < -0.39 is 0 Å². The van der Waals surface area contributed by atoms with Crippen molar-refractivity contribution in [2.24, 2.45) is 5.92 Å². The Bertz CT molecular complexity index is 371. The average molecular weight is 248 g/mol. The molecule has 0 aromatic carbocycles. The zero-order chi connectivity index (χ0) is 13.5. The average Bonchev–Trinajstić information content (AvgIpc) is 2.34. The molecule has 1 heterocycles. The third-order valence-electron chi connectivity index (χ3n) is 2.98. The van der Waals surface area contributed by atoms with E-state index in [0.29, 0.717) is 12.3 Å². The zero-order valence-corrected chi connectivity index (χ0v) is 11.9. The maximum atomic E-state index is 11.8. The quantitative estimate of drug-likeness (QED) is 0.838. The van der Waals surface area contributed by atoms with Crippen molar-refractivity contribution in [1.29, 1.82) is 0 Å². The molecule has 0 aliphatic rings. The molecule has 0 saturated carbocycles. The van der Waals surface area contributed by atoms with E-state index in [4.69, 9.17) is 0 Å². The number of pyridine rings is 1. The molecule has 1 amide bonds. The number of rotatable bonds is 6. The van der Waals surface area contributed by atoms with E-state index in [0.717, 1.165) is 24.1 Å². The number of nitrogens with zero attached hydrogens (tertiary/aromatic N) is 1. The number of nitrogens with one attached hydrogen (secondary N) is 1. The molecule has 0 saturated heterocycles. The summed E-state index contributed by atoms with van der Waals surface area (Å²) in [6.07, 6.45) is 4.24. The monoisotopic (exact) mass is 248 g/mol. The highest BCUT2D eigenvalue weighted by atomic mass is 16.1. The second-order valence-electron chi connectivity index (χ2n) is 5.22. The van der Waals surface area contributed by atoms with E-state index in [1.54, 1.807) is 0 Å². The lowest BCUT2D eigenvalue weighted by Gasteiger charge is -2.17. The van der Waals surface area contributed by atoms with E-state index in [2.05, 4.69) is 31.1 Å². The van der Waals surface area contributed by atoms with Gasteiger partial charge in [0.05, 0.1) is 11.7 Å². The smallest absolute Gasteiger partial charge is 0.220 e. The Hall–Kier alpha value is -1.38. The summed E-state index contributed by atoms with van der Waals surface area (Å²) in [4.78, 5) is 16.2. The highest BCUT2D eigenvalue weighted by molar-refractivity contribution is 5.76. The first-order valence-corrected chi connectivity index (χ1v) is 6.74. The normalized spacial score (nSPS) is 12.5. The molecule has 3 nitrogen and oxygen atoms in total. The lowest BCUT2D eigenvalue weighted by Crippen LogP contribution is -2.28. The topological polar surface area (TPSA) is 42.0 Å². The number of carbonyl (C=O) groups excluding carboxylic acids is 1. The van der Waals surface area contributed by atoms with Gasteiger partial charge in [-0.25, -0.2) is 0 Å². The van der Waals surface area contributed by atoms with Gasteiger partial charge < -0.3 is 5.32 Å². The van der Waals surface area contributed by atoms with Crippen LogP contribution in [0.2, 0.25) is 0 Å². The van der Waals surface area contributed by atoms with Crippen LogP contribution >= 0.6 is 0 Å². The van der Waals surface area contributed by atoms with Gasteiger partial charge in [0.15, 0.2) is 0 Å². The number of aryl methyl sites for hydroxylation is 1. The van der Waals surface area contributed by atoms with Crippen LogP contribution in [0.15, 0.2) is 18.3 Å². The van der Waals surface area contributed by atoms with Gasteiger partial charge in [-0.1, -0.05) is 26.8 Å². The number of hydrogen-bond donors (Lipinski definition) is 1.